The third-order valence-corrected chi connectivity index (χ3v) is 4.48. The van der Waals surface area contributed by atoms with Crippen molar-refractivity contribution in [3.05, 3.63) is 71.3 Å². The number of aliphatic hydroxyl groups is 2. The lowest BCUT2D eigenvalue weighted by Gasteiger charge is -2.32. The van der Waals surface area contributed by atoms with E-state index in [4.69, 9.17) is 9.47 Å². The Morgan fingerprint density at radius 1 is 0.913 bits per heavy atom. The number of hydrogen-bond acceptors (Lipinski definition) is 4. The van der Waals surface area contributed by atoms with Crippen LogP contribution in [0.2, 0.25) is 0 Å². The lowest BCUT2D eigenvalue weighted by molar-refractivity contribution is -0.130. The summed E-state index contributed by atoms with van der Waals surface area (Å²) in [5, 5.41) is 19.3. The summed E-state index contributed by atoms with van der Waals surface area (Å²) in [6.45, 7) is 4.63. The number of rotatable bonds is 4. The molecule has 3 rings (SSSR count). The van der Waals surface area contributed by atoms with Gasteiger partial charge in [0.05, 0.1) is 13.2 Å². The maximum absolute atomic E-state index is 9.66. The fraction of sp³-hybridized carbons (Fsp3) is 0.368. The molecule has 1 fully saturated rings. The van der Waals surface area contributed by atoms with Gasteiger partial charge in [0.15, 0.2) is 6.29 Å². The van der Waals surface area contributed by atoms with Crippen LogP contribution in [0.3, 0.4) is 0 Å². The molecule has 0 atom stereocenters. The third-order valence-electron chi connectivity index (χ3n) is 4.48. The van der Waals surface area contributed by atoms with Crippen molar-refractivity contribution < 1.29 is 19.7 Å². The van der Waals surface area contributed by atoms with Crippen molar-refractivity contribution in [2.24, 2.45) is 0 Å². The summed E-state index contributed by atoms with van der Waals surface area (Å²) in [5.41, 5.74) is 1.82. The largest absolute Gasteiger partial charge is 0.367 e. The first kappa shape index (κ1) is 16.1. The van der Waals surface area contributed by atoms with Gasteiger partial charge in [-0.25, -0.2) is 0 Å². The van der Waals surface area contributed by atoms with Crippen molar-refractivity contribution in [3.8, 4) is 0 Å². The summed E-state index contributed by atoms with van der Waals surface area (Å²) in [6.07, 6.45) is -1.45. The summed E-state index contributed by atoms with van der Waals surface area (Å²) in [5.74, 6) is -0.937. The average Bonchev–Trinajstić information content (AvgIpc) is 3.06. The van der Waals surface area contributed by atoms with Gasteiger partial charge in [-0.05, 0) is 11.6 Å². The topological polar surface area (TPSA) is 58.9 Å². The Hall–Kier alpha value is -1.72. The Morgan fingerprint density at radius 2 is 1.52 bits per heavy atom. The quantitative estimate of drug-likeness (QED) is 0.852. The molecule has 4 nitrogen and oxygen atoms in total. The molecular weight excluding hydrogens is 292 g/mol. The molecule has 0 unspecified atom stereocenters. The van der Waals surface area contributed by atoms with Crippen LogP contribution in [-0.4, -0.2) is 29.7 Å². The molecular formula is C19H22O4. The number of hydrogen-bond donors (Lipinski definition) is 2. The minimum absolute atomic E-state index is 0.519. The zero-order valence-corrected chi connectivity index (χ0v) is 13.4. The molecule has 0 bridgehead atoms. The fourth-order valence-electron chi connectivity index (χ4n) is 2.84. The summed E-state index contributed by atoms with van der Waals surface area (Å²) in [4.78, 5) is 0. The molecule has 1 heterocycles. The highest BCUT2D eigenvalue weighted by molar-refractivity contribution is 5.39. The van der Waals surface area contributed by atoms with Gasteiger partial charge in [-0.1, -0.05) is 62.4 Å². The van der Waals surface area contributed by atoms with Gasteiger partial charge in [0, 0.05) is 16.5 Å². The zero-order chi connectivity index (χ0) is 16.5. The van der Waals surface area contributed by atoms with Crippen molar-refractivity contribution in [1.82, 2.24) is 0 Å². The van der Waals surface area contributed by atoms with Gasteiger partial charge < -0.3 is 19.7 Å². The SMILES string of the molecule is CC(C)(c1cccc(C2(c3ccccc3)OCCO2)c1)C(O)O. The highest BCUT2D eigenvalue weighted by Gasteiger charge is 2.41. The first-order valence-corrected chi connectivity index (χ1v) is 7.77. The van der Waals surface area contributed by atoms with E-state index in [-0.39, 0.29) is 0 Å². The zero-order valence-electron chi connectivity index (χ0n) is 13.4. The molecule has 1 aliphatic heterocycles. The van der Waals surface area contributed by atoms with Crippen molar-refractivity contribution in [1.29, 1.82) is 0 Å². The first-order chi connectivity index (χ1) is 11.0. The van der Waals surface area contributed by atoms with E-state index in [2.05, 4.69) is 0 Å². The first-order valence-electron chi connectivity index (χ1n) is 7.77. The molecule has 1 aliphatic rings. The number of ether oxygens (including phenoxy) is 2. The molecule has 0 saturated carbocycles. The maximum Gasteiger partial charge on any atom is 0.222 e. The Morgan fingerprint density at radius 3 is 2.13 bits per heavy atom. The van der Waals surface area contributed by atoms with Crippen LogP contribution < -0.4 is 0 Å². The summed E-state index contributed by atoms with van der Waals surface area (Å²) in [7, 11) is 0. The molecule has 0 amide bonds. The Bertz CT molecular complexity index is 658. The van der Waals surface area contributed by atoms with Crippen LogP contribution in [0.25, 0.3) is 0 Å². The van der Waals surface area contributed by atoms with Gasteiger partial charge in [-0.3, -0.25) is 0 Å². The molecule has 4 heteroatoms. The van der Waals surface area contributed by atoms with Crippen LogP contribution in [0.4, 0.5) is 0 Å². The lowest BCUT2D eigenvalue weighted by Crippen LogP contribution is -2.34. The predicted molar refractivity (Wildman–Crippen MR) is 86.8 cm³/mol. The van der Waals surface area contributed by atoms with E-state index in [9.17, 15) is 10.2 Å². The Kier molecular flexibility index (Phi) is 4.25. The van der Waals surface area contributed by atoms with E-state index in [0.29, 0.717) is 13.2 Å². The van der Waals surface area contributed by atoms with Gasteiger partial charge in [0.25, 0.3) is 0 Å². The lowest BCUT2D eigenvalue weighted by atomic mass is 9.82. The van der Waals surface area contributed by atoms with Crippen LogP contribution >= 0.6 is 0 Å². The monoisotopic (exact) mass is 314 g/mol. The molecule has 0 spiro atoms. The van der Waals surface area contributed by atoms with Gasteiger partial charge in [-0.2, -0.15) is 0 Å². The van der Waals surface area contributed by atoms with Gasteiger partial charge in [0.1, 0.15) is 0 Å². The molecule has 1 saturated heterocycles. The van der Waals surface area contributed by atoms with Crippen LogP contribution in [0.5, 0.6) is 0 Å². The fourth-order valence-corrected chi connectivity index (χ4v) is 2.84. The van der Waals surface area contributed by atoms with E-state index < -0.39 is 17.5 Å². The number of aliphatic hydroxyl groups excluding tert-OH is 1. The number of benzene rings is 2. The molecule has 0 aromatic heterocycles. The molecule has 2 aromatic rings. The molecule has 23 heavy (non-hydrogen) atoms. The summed E-state index contributed by atoms with van der Waals surface area (Å²) >= 11 is 0. The minimum atomic E-state index is -1.45. The second kappa shape index (κ2) is 6.06. The average molecular weight is 314 g/mol. The van der Waals surface area contributed by atoms with Crippen molar-refractivity contribution in [2.75, 3.05) is 13.2 Å². The van der Waals surface area contributed by atoms with E-state index in [0.717, 1.165) is 16.7 Å². The highest BCUT2D eigenvalue weighted by atomic mass is 16.7. The van der Waals surface area contributed by atoms with E-state index in [1.807, 2.05) is 54.6 Å². The molecule has 0 radical (unpaired) electrons. The van der Waals surface area contributed by atoms with Crippen LogP contribution in [0.15, 0.2) is 54.6 Å². The van der Waals surface area contributed by atoms with Crippen molar-refractivity contribution >= 4 is 0 Å². The molecule has 122 valence electrons. The van der Waals surface area contributed by atoms with E-state index in [1.54, 1.807) is 13.8 Å². The van der Waals surface area contributed by atoms with Crippen molar-refractivity contribution in [3.63, 3.8) is 0 Å². The maximum atomic E-state index is 9.66. The second-order valence-electron chi connectivity index (χ2n) is 6.36. The predicted octanol–water partition coefficient (Wildman–Crippen LogP) is 2.52. The Labute approximate surface area is 136 Å². The van der Waals surface area contributed by atoms with Crippen molar-refractivity contribution in [2.45, 2.75) is 31.3 Å². The molecule has 2 N–H and O–H groups in total. The highest BCUT2D eigenvalue weighted by Crippen LogP contribution is 2.40. The van der Waals surface area contributed by atoms with Crippen LogP contribution in [0.1, 0.15) is 30.5 Å². The van der Waals surface area contributed by atoms with Gasteiger partial charge in [0.2, 0.25) is 5.79 Å². The van der Waals surface area contributed by atoms with Crippen LogP contribution in [0, 0.1) is 0 Å². The minimum Gasteiger partial charge on any atom is -0.367 e. The standard InChI is InChI=1S/C19H22O4/c1-18(2,17(20)21)15-9-6-10-16(13-15)19(22-11-12-23-19)14-7-4-3-5-8-14/h3-10,13,17,20-21H,11-12H2,1-2H3. The van der Waals surface area contributed by atoms with Gasteiger partial charge >= 0.3 is 0 Å². The summed E-state index contributed by atoms with van der Waals surface area (Å²) in [6, 6.07) is 17.5. The molecule has 2 aromatic carbocycles. The van der Waals surface area contributed by atoms with E-state index >= 15 is 0 Å². The summed E-state index contributed by atoms with van der Waals surface area (Å²) < 4.78 is 12.0. The smallest absolute Gasteiger partial charge is 0.222 e. The molecule has 0 aliphatic carbocycles. The van der Waals surface area contributed by atoms with Crippen LogP contribution in [-0.2, 0) is 20.7 Å². The normalized spacial score (nSPS) is 17.6. The second-order valence-corrected chi connectivity index (χ2v) is 6.36. The van der Waals surface area contributed by atoms with Gasteiger partial charge in [-0.15, -0.1) is 0 Å². The Balaban J connectivity index is 2.09. The van der Waals surface area contributed by atoms with E-state index in [1.165, 1.54) is 0 Å². The third kappa shape index (κ3) is 2.79.